The highest BCUT2D eigenvalue weighted by atomic mass is 19.1. The molecule has 7 nitrogen and oxygen atoms in total. The number of fused-ring (bicyclic) bond motifs is 2. The molecule has 2 bridgehead atoms. The van der Waals surface area contributed by atoms with Crippen LogP contribution in [0.25, 0.3) is 22.5 Å². The minimum absolute atomic E-state index is 0.0180. The highest BCUT2D eigenvalue weighted by molar-refractivity contribution is 5.73. The molecule has 4 atom stereocenters. The summed E-state index contributed by atoms with van der Waals surface area (Å²) in [6.45, 7) is 2.07. The molecule has 2 fully saturated rings. The number of rotatable bonds is 5. The number of anilines is 1. The highest BCUT2D eigenvalue weighted by Crippen LogP contribution is 2.51. The molecule has 9 heteroatoms. The van der Waals surface area contributed by atoms with E-state index in [2.05, 4.69) is 27.1 Å². The third kappa shape index (κ3) is 4.28. The third-order valence-electron chi connectivity index (χ3n) is 7.70. The SMILES string of the molecule is COc1cc(-c2ccc(-c3ncc(N(C)[C@@H]4C[C@H]5CCC[C@](C)(C5)[C@@H]4F)nn3)c(O)c2)cnc1F. The molecule has 2 heterocycles. The van der Waals surface area contributed by atoms with Gasteiger partial charge in [0.25, 0.3) is 5.95 Å². The smallest absolute Gasteiger partial charge is 0.255 e. The third-order valence-corrected chi connectivity index (χ3v) is 7.70. The Labute approximate surface area is 203 Å². The number of hydrogen-bond donors (Lipinski definition) is 1. The van der Waals surface area contributed by atoms with Crippen LogP contribution in [0.3, 0.4) is 0 Å². The van der Waals surface area contributed by atoms with E-state index in [0.29, 0.717) is 28.4 Å². The van der Waals surface area contributed by atoms with Crippen LogP contribution in [0.4, 0.5) is 14.6 Å². The fourth-order valence-electron chi connectivity index (χ4n) is 5.74. The Bertz CT molecular complexity index is 1220. The molecule has 184 valence electrons. The number of benzene rings is 1. The normalized spacial score (nSPS) is 25.8. The summed E-state index contributed by atoms with van der Waals surface area (Å²) in [7, 11) is 3.22. The maximum Gasteiger partial charge on any atom is 0.255 e. The number of nitrogens with zero attached hydrogens (tertiary/aromatic N) is 5. The molecule has 0 radical (unpaired) electrons. The molecule has 1 N–H and O–H groups in total. The van der Waals surface area contributed by atoms with E-state index in [9.17, 15) is 9.50 Å². The summed E-state index contributed by atoms with van der Waals surface area (Å²) in [5.74, 6) is 0.567. The number of ether oxygens (including phenoxy) is 1. The molecule has 0 unspecified atom stereocenters. The second-order valence-corrected chi connectivity index (χ2v) is 10.0. The zero-order valence-electron chi connectivity index (χ0n) is 20.1. The van der Waals surface area contributed by atoms with E-state index in [4.69, 9.17) is 4.74 Å². The van der Waals surface area contributed by atoms with Crippen molar-refractivity contribution < 1.29 is 18.6 Å². The zero-order chi connectivity index (χ0) is 24.7. The maximum atomic E-state index is 15.5. The van der Waals surface area contributed by atoms with Crippen LogP contribution in [0, 0.1) is 17.3 Å². The van der Waals surface area contributed by atoms with E-state index in [-0.39, 0.29) is 28.8 Å². The fraction of sp³-hybridized carbons (Fsp3) is 0.462. The van der Waals surface area contributed by atoms with Crippen LogP contribution in [0.15, 0.2) is 36.7 Å². The molecule has 2 saturated carbocycles. The quantitative estimate of drug-likeness (QED) is 0.502. The average Bonchev–Trinajstić information content (AvgIpc) is 2.86. The molecule has 2 aliphatic carbocycles. The molecule has 0 aliphatic heterocycles. The monoisotopic (exact) mass is 481 g/mol. The molecule has 3 aromatic rings. The summed E-state index contributed by atoms with van der Waals surface area (Å²) < 4.78 is 34.1. The van der Waals surface area contributed by atoms with Crippen molar-refractivity contribution in [1.82, 2.24) is 20.2 Å². The number of alkyl halides is 1. The van der Waals surface area contributed by atoms with E-state index in [0.717, 1.165) is 32.1 Å². The number of pyridine rings is 1. The molecule has 2 aromatic heterocycles. The highest BCUT2D eigenvalue weighted by Gasteiger charge is 2.49. The van der Waals surface area contributed by atoms with Crippen molar-refractivity contribution in [2.24, 2.45) is 11.3 Å². The lowest BCUT2D eigenvalue weighted by Crippen LogP contribution is -2.54. The summed E-state index contributed by atoms with van der Waals surface area (Å²) in [6.07, 6.45) is 6.96. The predicted octanol–water partition coefficient (Wildman–Crippen LogP) is 5.20. The molecular formula is C26H29F2N5O2. The average molecular weight is 482 g/mol. The van der Waals surface area contributed by atoms with E-state index in [1.54, 1.807) is 18.3 Å². The van der Waals surface area contributed by atoms with Crippen LogP contribution < -0.4 is 9.64 Å². The maximum absolute atomic E-state index is 15.5. The summed E-state index contributed by atoms with van der Waals surface area (Å²) >= 11 is 0. The number of aromatic nitrogens is 4. The van der Waals surface area contributed by atoms with E-state index in [1.807, 2.05) is 11.9 Å². The molecule has 5 rings (SSSR count). The van der Waals surface area contributed by atoms with E-state index in [1.165, 1.54) is 25.4 Å². The van der Waals surface area contributed by atoms with Crippen LogP contribution >= 0.6 is 0 Å². The van der Waals surface area contributed by atoms with Gasteiger partial charge < -0.3 is 14.7 Å². The molecule has 0 saturated heterocycles. The second kappa shape index (κ2) is 9.02. The first kappa shape index (κ1) is 23.4. The number of hydrogen-bond acceptors (Lipinski definition) is 7. The number of methoxy groups -OCH3 is 1. The Morgan fingerprint density at radius 2 is 1.97 bits per heavy atom. The topological polar surface area (TPSA) is 84.3 Å². The number of halogens is 2. The van der Waals surface area contributed by atoms with Gasteiger partial charge in [-0.15, -0.1) is 10.2 Å². The van der Waals surface area contributed by atoms with Crippen LogP contribution in [0.1, 0.15) is 39.0 Å². The zero-order valence-corrected chi connectivity index (χ0v) is 20.1. The van der Waals surface area contributed by atoms with Crippen molar-refractivity contribution in [3.8, 4) is 34.0 Å². The largest absolute Gasteiger partial charge is 0.507 e. The van der Waals surface area contributed by atoms with Gasteiger partial charge in [-0.05, 0) is 48.9 Å². The van der Waals surface area contributed by atoms with Gasteiger partial charge in [0.2, 0.25) is 0 Å². The summed E-state index contributed by atoms with van der Waals surface area (Å²) in [4.78, 5) is 9.95. The molecular weight excluding hydrogens is 452 g/mol. The lowest BCUT2D eigenvalue weighted by molar-refractivity contribution is -0.0109. The lowest BCUT2D eigenvalue weighted by Gasteiger charge is -2.51. The first-order valence-corrected chi connectivity index (χ1v) is 11.9. The molecule has 2 aliphatic rings. The van der Waals surface area contributed by atoms with Gasteiger partial charge in [0, 0.05) is 24.2 Å². The Morgan fingerprint density at radius 3 is 2.69 bits per heavy atom. The van der Waals surface area contributed by atoms with Gasteiger partial charge in [0.15, 0.2) is 17.4 Å². The lowest BCUT2D eigenvalue weighted by atomic mass is 9.60. The minimum atomic E-state index is -0.929. The molecule has 0 spiro atoms. The summed E-state index contributed by atoms with van der Waals surface area (Å²) in [6, 6.07) is 6.21. The summed E-state index contributed by atoms with van der Waals surface area (Å²) in [5.41, 5.74) is 1.35. The number of phenolic OH excluding ortho intramolecular Hbond substituents is 1. The standard InChI is InChI=1S/C26H29F2N5O2/c1-26-8-4-5-15(12-26)9-19(23(26)27)33(2)22-14-30-25(32-31-22)18-7-6-16(10-20(18)34)17-11-21(35-3)24(28)29-13-17/h6-7,10-11,13-15,19,23,34H,4-5,8-9,12H2,1-3H3/t15-,19-,23-,26-/m1/s1. The number of phenols is 1. The fourth-order valence-corrected chi connectivity index (χ4v) is 5.74. The molecule has 1 aromatic carbocycles. The number of aromatic hydroxyl groups is 1. The van der Waals surface area contributed by atoms with Crippen molar-refractivity contribution in [2.75, 3.05) is 19.1 Å². The first-order chi connectivity index (χ1) is 16.8. The minimum Gasteiger partial charge on any atom is -0.507 e. The van der Waals surface area contributed by atoms with Crippen LogP contribution in [-0.4, -0.2) is 51.6 Å². The Kier molecular flexibility index (Phi) is 6.02. The van der Waals surface area contributed by atoms with Crippen LogP contribution in [0.2, 0.25) is 0 Å². The Balaban J connectivity index is 1.36. The van der Waals surface area contributed by atoms with Crippen LogP contribution in [0.5, 0.6) is 11.5 Å². The Morgan fingerprint density at radius 1 is 1.14 bits per heavy atom. The molecule has 0 amide bonds. The first-order valence-electron chi connectivity index (χ1n) is 11.9. The Hall–Kier alpha value is -3.36. The van der Waals surface area contributed by atoms with Gasteiger partial charge in [-0.25, -0.2) is 14.4 Å². The van der Waals surface area contributed by atoms with Crippen molar-refractivity contribution in [2.45, 2.75) is 51.2 Å². The van der Waals surface area contributed by atoms with Crippen LogP contribution in [-0.2, 0) is 0 Å². The van der Waals surface area contributed by atoms with Crippen molar-refractivity contribution in [3.05, 3.63) is 42.6 Å². The summed E-state index contributed by atoms with van der Waals surface area (Å²) in [5, 5.41) is 19.1. The van der Waals surface area contributed by atoms with Crippen molar-refractivity contribution >= 4 is 5.82 Å². The van der Waals surface area contributed by atoms with Gasteiger partial charge in [0.05, 0.1) is 24.9 Å². The second-order valence-electron chi connectivity index (χ2n) is 10.0. The van der Waals surface area contributed by atoms with Gasteiger partial charge in [-0.1, -0.05) is 25.8 Å². The predicted molar refractivity (Wildman–Crippen MR) is 128 cm³/mol. The van der Waals surface area contributed by atoms with Gasteiger partial charge in [0.1, 0.15) is 11.9 Å². The van der Waals surface area contributed by atoms with E-state index >= 15 is 4.39 Å². The van der Waals surface area contributed by atoms with Gasteiger partial charge in [-0.3, -0.25) is 0 Å². The van der Waals surface area contributed by atoms with E-state index < -0.39 is 12.1 Å². The van der Waals surface area contributed by atoms with Gasteiger partial charge in [-0.2, -0.15) is 4.39 Å². The van der Waals surface area contributed by atoms with Gasteiger partial charge >= 0.3 is 0 Å². The van der Waals surface area contributed by atoms with Crippen molar-refractivity contribution in [1.29, 1.82) is 0 Å². The molecule has 35 heavy (non-hydrogen) atoms. The van der Waals surface area contributed by atoms with Crippen molar-refractivity contribution in [3.63, 3.8) is 0 Å².